The fourth-order valence-electron chi connectivity index (χ4n) is 2.48. The summed E-state index contributed by atoms with van der Waals surface area (Å²) in [6.07, 6.45) is 8.40. The predicted molar refractivity (Wildman–Crippen MR) is 79.2 cm³/mol. The molecular weight excluding hydrogens is 262 g/mol. The molecule has 1 fully saturated rings. The number of halogens is 1. The van der Waals surface area contributed by atoms with Crippen molar-refractivity contribution < 1.29 is 4.79 Å². The van der Waals surface area contributed by atoms with Crippen molar-refractivity contribution in [2.75, 3.05) is 12.3 Å². The first-order valence-electron chi connectivity index (χ1n) is 6.71. The Labute approximate surface area is 120 Å². The molecule has 1 heterocycles. The van der Waals surface area contributed by atoms with Crippen LogP contribution in [0.2, 0.25) is 0 Å². The zero-order valence-electron chi connectivity index (χ0n) is 11.1. The highest BCUT2D eigenvalue weighted by Gasteiger charge is 2.14. The van der Waals surface area contributed by atoms with Gasteiger partial charge in [-0.2, -0.15) is 0 Å². The van der Waals surface area contributed by atoms with E-state index in [0.717, 1.165) is 24.6 Å². The predicted octanol–water partition coefficient (Wildman–Crippen LogP) is 2.32. The third kappa shape index (κ3) is 5.47. The SMILES string of the molecule is Cl.Nc1ccc(CC(=O)NCCC2CCCC2)nc1. The van der Waals surface area contributed by atoms with E-state index in [4.69, 9.17) is 5.73 Å². The molecule has 1 aromatic rings. The van der Waals surface area contributed by atoms with E-state index in [1.807, 2.05) is 0 Å². The second-order valence-electron chi connectivity index (χ2n) is 5.05. The summed E-state index contributed by atoms with van der Waals surface area (Å²) in [5.41, 5.74) is 6.94. The van der Waals surface area contributed by atoms with Crippen molar-refractivity contribution >= 4 is 24.0 Å². The van der Waals surface area contributed by atoms with Crippen molar-refractivity contribution in [3.63, 3.8) is 0 Å². The highest BCUT2D eigenvalue weighted by molar-refractivity contribution is 5.85. The summed E-state index contributed by atoms with van der Waals surface area (Å²) in [5, 5.41) is 2.96. The largest absolute Gasteiger partial charge is 0.397 e. The molecule has 1 aliphatic rings. The minimum absolute atomic E-state index is 0. The molecule has 5 heteroatoms. The Kier molecular flexibility index (Phi) is 6.64. The summed E-state index contributed by atoms with van der Waals surface area (Å²) in [6, 6.07) is 3.57. The van der Waals surface area contributed by atoms with Gasteiger partial charge in [0.05, 0.1) is 18.3 Å². The molecule has 0 unspecified atom stereocenters. The van der Waals surface area contributed by atoms with Gasteiger partial charge in [0.25, 0.3) is 0 Å². The van der Waals surface area contributed by atoms with Gasteiger partial charge in [0.2, 0.25) is 5.91 Å². The molecule has 1 amide bonds. The van der Waals surface area contributed by atoms with Crippen LogP contribution in [0, 0.1) is 5.92 Å². The lowest BCUT2D eigenvalue weighted by molar-refractivity contribution is -0.120. The number of nitrogens with one attached hydrogen (secondary N) is 1. The van der Waals surface area contributed by atoms with E-state index in [-0.39, 0.29) is 18.3 Å². The van der Waals surface area contributed by atoms with E-state index in [9.17, 15) is 4.79 Å². The number of carbonyl (C=O) groups is 1. The van der Waals surface area contributed by atoms with Crippen LogP contribution >= 0.6 is 12.4 Å². The first-order chi connectivity index (χ1) is 8.74. The zero-order valence-corrected chi connectivity index (χ0v) is 11.9. The molecule has 1 aromatic heterocycles. The summed E-state index contributed by atoms with van der Waals surface area (Å²) in [6.45, 7) is 0.790. The average Bonchev–Trinajstić information content (AvgIpc) is 2.85. The summed E-state index contributed by atoms with van der Waals surface area (Å²) < 4.78 is 0. The fraction of sp³-hybridized carbons (Fsp3) is 0.571. The number of nitrogen functional groups attached to an aromatic ring is 1. The van der Waals surface area contributed by atoms with Gasteiger partial charge in [-0.25, -0.2) is 0 Å². The Bertz CT molecular complexity index is 388. The molecule has 19 heavy (non-hydrogen) atoms. The number of rotatable bonds is 5. The Hall–Kier alpha value is -1.29. The lowest BCUT2D eigenvalue weighted by Crippen LogP contribution is -2.27. The zero-order chi connectivity index (χ0) is 12.8. The molecule has 0 spiro atoms. The second-order valence-corrected chi connectivity index (χ2v) is 5.05. The van der Waals surface area contributed by atoms with Crippen LogP contribution in [-0.4, -0.2) is 17.4 Å². The van der Waals surface area contributed by atoms with E-state index < -0.39 is 0 Å². The molecule has 0 aliphatic heterocycles. The lowest BCUT2D eigenvalue weighted by Gasteiger charge is -2.09. The highest BCUT2D eigenvalue weighted by atomic mass is 35.5. The van der Waals surface area contributed by atoms with E-state index >= 15 is 0 Å². The molecule has 0 atom stereocenters. The van der Waals surface area contributed by atoms with Gasteiger partial charge in [-0.1, -0.05) is 25.7 Å². The van der Waals surface area contributed by atoms with Gasteiger partial charge in [-0.15, -0.1) is 12.4 Å². The van der Waals surface area contributed by atoms with Crippen LogP contribution in [-0.2, 0) is 11.2 Å². The molecule has 0 saturated heterocycles. The topological polar surface area (TPSA) is 68.0 Å². The smallest absolute Gasteiger partial charge is 0.226 e. The first-order valence-corrected chi connectivity index (χ1v) is 6.71. The quantitative estimate of drug-likeness (QED) is 0.871. The number of nitrogens with zero attached hydrogens (tertiary/aromatic N) is 1. The molecule has 106 valence electrons. The summed E-state index contributed by atoms with van der Waals surface area (Å²) in [4.78, 5) is 15.8. The van der Waals surface area contributed by atoms with Crippen LogP contribution in [0.1, 0.15) is 37.8 Å². The number of aromatic nitrogens is 1. The standard InChI is InChI=1S/C14H21N3O.ClH/c15-12-5-6-13(17-10-12)9-14(18)16-8-7-11-3-1-2-4-11;/h5-6,10-11H,1-4,7-9,15H2,(H,16,18);1H. The second kappa shape index (κ2) is 8.00. The van der Waals surface area contributed by atoms with Crippen LogP contribution in [0.5, 0.6) is 0 Å². The Balaban J connectivity index is 0.00000180. The number of anilines is 1. The first kappa shape index (κ1) is 15.8. The van der Waals surface area contributed by atoms with Crippen molar-refractivity contribution in [3.8, 4) is 0 Å². The molecule has 0 radical (unpaired) electrons. The van der Waals surface area contributed by atoms with Crippen LogP contribution in [0.15, 0.2) is 18.3 Å². The molecule has 2 rings (SSSR count). The fourth-order valence-corrected chi connectivity index (χ4v) is 2.48. The van der Waals surface area contributed by atoms with Crippen molar-refractivity contribution in [3.05, 3.63) is 24.0 Å². The van der Waals surface area contributed by atoms with Gasteiger partial charge in [-0.05, 0) is 24.5 Å². The third-order valence-electron chi connectivity index (χ3n) is 3.54. The minimum atomic E-state index is 0. The molecule has 1 saturated carbocycles. The van der Waals surface area contributed by atoms with Crippen molar-refractivity contribution in [1.82, 2.24) is 10.3 Å². The molecule has 0 aromatic carbocycles. The van der Waals surface area contributed by atoms with Crippen molar-refractivity contribution in [2.24, 2.45) is 5.92 Å². The molecule has 4 nitrogen and oxygen atoms in total. The third-order valence-corrected chi connectivity index (χ3v) is 3.54. The number of hydrogen-bond donors (Lipinski definition) is 2. The van der Waals surface area contributed by atoms with E-state index in [1.165, 1.54) is 25.7 Å². The van der Waals surface area contributed by atoms with Gasteiger partial charge in [-0.3, -0.25) is 9.78 Å². The molecule has 3 N–H and O–H groups in total. The maximum atomic E-state index is 11.7. The van der Waals surface area contributed by atoms with Crippen molar-refractivity contribution in [1.29, 1.82) is 0 Å². The molecular formula is C14H22ClN3O. The summed E-state index contributed by atoms with van der Waals surface area (Å²) in [7, 11) is 0. The van der Waals surface area contributed by atoms with Crippen LogP contribution < -0.4 is 11.1 Å². The maximum absolute atomic E-state index is 11.7. The average molecular weight is 284 g/mol. The van der Waals surface area contributed by atoms with E-state index in [2.05, 4.69) is 10.3 Å². The lowest BCUT2D eigenvalue weighted by atomic mass is 10.0. The van der Waals surface area contributed by atoms with Crippen LogP contribution in [0.25, 0.3) is 0 Å². The van der Waals surface area contributed by atoms with Gasteiger partial charge >= 0.3 is 0 Å². The Morgan fingerprint density at radius 3 is 2.74 bits per heavy atom. The maximum Gasteiger partial charge on any atom is 0.226 e. The van der Waals surface area contributed by atoms with Crippen LogP contribution in [0.3, 0.4) is 0 Å². The van der Waals surface area contributed by atoms with Gasteiger partial charge < -0.3 is 11.1 Å². The summed E-state index contributed by atoms with van der Waals surface area (Å²) in [5.74, 6) is 0.866. The van der Waals surface area contributed by atoms with Gasteiger partial charge in [0.15, 0.2) is 0 Å². The number of carbonyl (C=O) groups excluding carboxylic acids is 1. The van der Waals surface area contributed by atoms with Gasteiger partial charge in [0, 0.05) is 12.2 Å². The molecule has 1 aliphatic carbocycles. The molecule has 0 bridgehead atoms. The number of amides is 1. The number of nitrogens with two attached hydrogens (primary N) is 1. The minimum Gasteiger partial charge on any atom is -0.397 e. The van der Waals surface area contributed by atoms with Gasteiger partial charge in [0.1, 0.15) is 0 Å². The highest BCUT2D eigenvalue weighted by Crippen LogP contribution is 2.26. The monoisotopic (exact) mass is 283 g/mol. The normalized spacial score (nSPS) is 14.9. The van der Waals surface area contributed by atoms with Crippen molar-refractivity contribution in [2.45, 2.75) is 38.5 Å². The van der Waals surface area contributed by atoms with Crippen LogP contribution in [0.4, 0.5) is 5.69 Å². The summed E-state index contributed by atoms with van der Waals surface area (Å²) >= 11 is 0. The Morgan fingerprint density at radius 1 is 1.37 bits per heavy atom. The van der Waals surface area contributed by atoms with E-state index in [1.54, 1.807) is 18.3 Å². The number of pyridine rings is 1. The number of hydrogen-bond acceptors (Lipinski definition) is 3. The van der Waals surface area contributed by atoms with E-state index in [0.29, 0.717) is 12.1 Å². The Morgan fingerprint density at radius 2 is 2.11 bits per heavy atom.